The molecule has 0 aliphatic heterocycles. The molecule has 0 aliphatic rings. The van der Waals surface area contributed by atoms with Gasteiger partial charge in [-0.3, -0.25) is 0 Å². The van der Waals surface area contributed by atoms with Gasteiger partial charge in [-0.15, -0.1) is 0 Å². The van der Waals surface area contributed by atoms with Crippen LogP contribution < -0.4 is 0 Å². The van der Waals surface area contributed by atoms with Crippen molar-refractivity contribution in [2.75, 3.05) is 0 Å². The quantitative estimate of drug-likeness (QED) is 0.637. The summed E-state index contributed by atoms with van der Waals surface area (Å²) in [5.74, 6) is -3.48. The van der Waals surface area contributed by atoms with Crippen molar-refractivity contribution in [3.8, 4) is 28.0 Å². The predicted molar refractivity (Wildman–Crippen MR) is 78.8 cm³/mol. The van der Waals surface area contributed by atoms with Crippen LogP contribution in [0.3, 0.4) is 0 Å². The van der Waals surface area contributed by atoms with Gasteiger partial charge in [0.05, 0.1) is 0 Å². The minimum absolute atomic E-state index is 0.124. The zero-order valence-electron chi connectivity index (χ0n) is 11.7. The third-order valence-electron chi connectivity index (χ3n) is 3.38. The molecule has 0 atom stereocenters. The number of aromatic hydroxyl groups is 1. The summed E-state index contributed by atoms with van der Waals surface area (Å²) in [5.41, 5.74) is 0.564. The molecule has 3 aromatic rings. The molecule has 5 heteroatoms. The van der Waals surface area contributed by atoms with Crippen molar-refractivity contribution in [3.05, 3.63) is 77.9 Å². The fourth-order valence-electron chi connectivity index (χ4n) is 2.43. The summed E-state index contributed by atoms with van der Waals surface area (Å²) in [7, 11) is 0. The Kier molecular flexibility index (Phi) is 3.78. The summed E-state index contributed by atoms with van der Waals surface area (Å²) in [6, 6.07) is 10.1. The third kappa shape index (κ3) is 3.04. The Morgan fingerprint density at radius 1 is 0.565 bits per heavy atom. The Morgan fingerprint density at radius 2 is 0.913 bits per heavy atom. The molecular weight excluding hydrogens is 308 g/mol. The fraction of sp³-hybridized carbons (Fsp3) is 0. The zero-order valence-corrected chi connectivity index (χ0v) is 11.7. The average molecular weight is 318 g/mol. The Bertz CT molecular complexity index is 780. The molecule has 0 saturated carbocycles. The van der Waals surface area contributed by atoms with Gasteiger partial charge in [0.15, 0.2) is 0 Å². The molecule has 23 heavy (non-hydrogen) atoms. The number of benzene rings is 3. The monoisotopic (exact) mass is 318 g/mol. The Morgan fingerprint density at radius 3 is 1.26 bits per heavy atom. The Hall–Kier alpha value is -2.82. The molecule has 0 bridgehead atoms. The summed E-state index contributed by atoms with van der Waals surface area (Å²) in [6.07, 6.45) is 0. The van der Waals surface area contributed by atoms with E-state index in [2.05, 4.69) is 0 Å². The lowest BCUT2D eigenvalue weighted by molar-refractivity contribution is 0.479. The first-order valence-corrected chi connectivity index (χ1v) is 6.69. The predicted octanol–water partition coefficient (Wildman–Crippen LogP) is 5.28. The van der Waals surface area contributed by atoms with Crippen molar-refractivity contribution >= 4 is 0 Å². The fourth-order valence-corrected chi connectivity index (χ4v) is 2.43. The van der Waals surface area contributed by atoms with Gasteiger partial charge in [-0.25, -0.2) is 17.6 Å². The van der Waals surface area contributed by atoms with E-state index in [4.69, 9.17) is 0 Å². The van der Waals surface area contributed by atoms with Gasteiger partial charge in [-0.05, 0) is 35.4 Å². The van der Waals surface area contributed by atoms with E-state index < -0.39 is 23.3 Å². The number of hydrogen-bond acceptors (Lipinski definition) is 1. The maximum atomic E-state index is 13.4. The summed E-state index contributed by atoms with van der Waals surface area (Å²) >= 11 is 0. The topological polar surface area (TPSA) is 20.2 Å². The lowest BCUT2D eigenvalue weighted by Crippen LogP contribution is -1.89. The van der Waals surface area contributed by atoms with Gasteiger partial charge < -0.3 is 5.11 Å². The van der Waals surface area contributed by atoms with Gasteiger partial charge >= 0.3 is 0 Å². The molecule has 0 spiro atoms. The van der Waals surface area contributed by atoms with E-state index in [9.17, 15) is 22.7 Å². The first-order chi connectivity index (χ1) is 10.9. The number of hydrogen-bond donors (Lipinski definition) is 1. The second-order valence-corrected chi connectivity index (χ2v) is 5.02. The van der Waals surface area contributed by atoms with Crippen molar-refractivity contribution in [3.63, 3.8) is 0 Å². The maximum Gasteiger partial charge on any atom is 0.131 e. The zero-order chi connectivity index (χ0) is 16.6. The molecule has 0 unspecified atom stereocenters. The summed E-state index contributed by atoms with van der Waals surface area (Å²) < 4.78 is 53.4. The number of phenols is 1. The number of halogens is 4. The van der Waals surface area contributed by atoms with E-state index in [0.717, 1.165) is 24.3 Å². The van der Waals surface area contributed by atoms with Crippen LogP contribution in [0, 0.1) is 23.3 Å². The van der Waals surface area contributed by atoms with Gasteiger partial charge in [-0.1, -0.05) is 18.2 Å². The SMILES string of the molecule is Oc1c(-c2cc(F)cc(F)c2)cccc1-c1cc(F)cc(F)c1. The number of phenolic OH excluding ortho intramolecular Hbond substituents is 1. The van der Waals surface area contributed by atoms with Gasteiger partial charge in [0.2, 0.25) is 0 Å². The molecule has 1 N–H and O–H groups in total. The van der Waals surface area contributed by atoms with E-state index in [-0.39, 0.29) is 28.0 Å². The molecule has 0 aromatic heterocycles. The normalized spacial score (nSPS) is 10.8. The molecule has 0 saturated heterocycles. The van der Waals surface area contributed by atoms with Gasteiger partial charge in [0.25, 0.3) is 0 Å². The molecule has 0 heterocycles. The first kappa shape index (κ1) is 15.1. The molecule has 116 valence electrons. The summed E-state index contributed by atoms with van der Waals surface area (Å²) in [5, 5.41) is 10.4. The maximum absolute atomic E-state index is 13.4. The lowest BCUT2D eigenvalue weighted by Gasteiger charge is -2.11. The van der Waals surface area contributed by atoms with Crippen LogP contribution in [0.2, 0.25) is 0 Å². The third-order valence-corrected chi connectivity index (χ3v) is 3.38. The Labute approximate surface area is 129 Å². The second kappa shape index (κ2) is 5.76. The van der Waals surface area contributed by atoms with Crippen molar-refractivity contribution in [1.29, 1.82) is 0 Å². The van der Waals surface area contributed by atoms with Crippen LogP contribution in [-0.2, 0) is 0 Å². The van der Waals surface area contributed by atoms with Crippen LogP contribution in [0.15, 0.2) is 54.6 Å². The van der Waals surface area contributed by atoms with Crippen LogP contribution >= 0.6 is 0 Å². The van der Waals surface area contributed by atoms with Crippen LogP contribution in [0.25, 0.3) is 22.3 Å². The highest BCUT2D eigenvalue weighted by molar-refractivity contribution is 5.82. The van der Waals surface area contributed by atoms with Gasteiger partial charge in [0, 0.05) is 23.3 Å². The van der Waals surface area contributed by atoms with E-state index in [1.165, 1.54) is 18.2 Å². The van der Waals surface area contributed by atoms with E-state index in [0.29, 0.717) is 12.1 Å². The van der Waals surface area contributed by atoms with Crippen molar-refractivity contribution in [2.45, 2.75) is 0 Å². The van der Waals surface area contributed by atoms with E-state index in [1.54, 1.807) is 0 Å². The molecule has 3 aromatic carbocycles. The van der Waals surface area contributed by atoms with Crippen LogP contribution in [0.1, 0.15) is 0 Å². The van der Waals surface area contributed by atoms with Crippen LogP contribution in [0.5, 0.6) is 5.75 Å². The minimum Gasteiger partial charge on any atom is -0.507 e. The lowest BCUT2D eigenvalue weighted by atomic mass is 9.97. The van der Waals surface area contributed by atoms with Crippen molar-refractivity contribution in [1.82, 2.24) is 0 Å². The van der Waals surface area contributed by atoms with Gasteiger partial charge in [-0.2, -0.15) is 0 Å². The van der Waals surface area contributed by atoms with Crippen LogP contribution in [0.4, 0.5) is 17.6 Å². The van der Waals surface area contributed by atoms with E-state index >= 15 is 0 Å². The molecule has 0 amide bonds. The standard InChI is InChI=1S/C18H10F4O/c19-12-4-10(5-13(20)8-12)16-2-1-3-17(18(16)23)11-6-14(21)9-15(22)7-11/h1-9,23H. The minimum atomic E-state index is -0.790. The second-order valence-electron chi connectivity index (χ2n) is 5.02. The Balaban J connectivity index is 2.18. The first-order valence-electron chi connectivity index (χ1n) is 6.69. The van der Waals surface area contributed by atoms with Crippen molar-refractivity contribution in [2.24, 2.45) is 0 Å². The molecule has 3 rings (SSSR count). The molecule has 0 fully saturated rings. The highest BCUT2D eigenvalue weighted by Crippen LogP contribution is 2.38. The smallest absolute Gasteiger partial charge is 0.131 e. The highest BCUT2D eigenvalue weighted by Gasteiger charge is 2.13. The van der Waals surface area contributed by atoms with Crippen molar-refractivity contribution < 1.29 is 22.7 Å². The van der Waals surface area contributed by atoms with E-state index in [1.807, 2.05) is 0 Å². The summed E-state index contributed by atoms with van der Waals surface area (Å²) in [6.45, 7) is 0. The molecular formula is C18H10F4O. The van der Waals surface area contributed by atoms with Gasteiger partial charge in [0.1, 0.15) is 29.0 Å². The average Bonchev–Trinajstić information content (AvgIpc) is 2.45. The molecule has 1 nitrogen and oxygen atoms in total. The number of rotatable bonds is 2. The largest absolute Gasteiger partial charge is 0.507 e. The highest BCUT2D eigenvalue weighted by atomic mass is 19.1. The van der Waals surface area contributed by atoms with Crippen LogP contribution in [-0.4, -0.2) is 5.11 Å². The number of para-hydroxylation sites is 1. The molecule has 0 aliphatic carbocycles. The summed E-state index contributed by atoms with van der Waals surface area (Å²) in [4.78, 5) is 0. The molecule has 0 radical (unpaired) electrons.